The van der Waals surface area contributed by atoms with Crippen LogP contribution < -0.4 is 0 Å². The molecule has 5 heteroatoms. The van der Waals surface area contributed by atoms with Crippen molar-refractivity contribution in [2.45, 2.75) is 37.3 Å². The van der Waals surface area contributed by atoms with Crippen LogP contribution in [-0.2, 0) is 0 Å². The van der Waals surface area contributed by atoms with Crippen LogP contribution in [0.4, 0.5) is 0 Å². The van der Waals surface area contributed by atoms with Gasteiger partial charge in [0.2, 0.25) is 0 Å². The van der Waals surface area contributed by atoms with Crippen molar-refractivity contribution < 1.29 is 4.79 Å². The number of carbonyl (C=O) groups is 1. The number of aromatic nitrogens is 2. The molecule has 0 N–H and O–H groups in total. The Morgan fingerprint density at radius 3 is 2.63 bits per heavy atom. The monoisotopic (exact) mass is 292 g/mol. The first-order chi connectivity index (χ1) is 8.97. The van der Waals surface area contributed by atoms with Gasteiger partial charge in [-0.1, -0.05) is 40.8 Å². The van der Waals surface area contributed by atoms with Gasteiger partial charge in [0.05, 0.1) is 5.25 Å². The molecular formula is C14H16N2OS2. The number of hydrogen-bond donors (Lipinski definition) is 0. The molecule has 0 aliphatic heterocycles. The number of nitrogens with zero attached hydrogens (tertiary/aromatic N) is 2. The zero-order valence-electron chi connectivity index (χ0n) is 11.4. The SMILES string of the molecule is Cc1ccc(C)c(C(=O)C(C)Sc2nnc(C)s2)c1. The summed E-state index contributed by atoms with van der Waals surface area (Å²) >= 11 is 3.00. The molecule has 19 heavy (non-hydrogen) atoms. The molecule has 1 heterocycles. The number of thioether (sulfide) groups is 1. The Morgan fingerprint density at radius 1 is 1.26 bits per heavy atom. The highest BCUT2D eigenvalue weighted by molar-refractivity contribution is 8.02. The minimum Gasteiger partial charge on any atom is -0.293 e. The lowest BCUT2D eigenvalue weighted by atomic mass is 10.0. The highest BCUT2D eigenvalue weighted by atomic mass is 32.2. The first-order valence-electron chi connectivity index (χ1n) is 6.05. The Labute approximate surface area is 121 Å². The standard InChI is InChI=1S/C14H16N2OS2/c1-8-5-6-9(2)12(7-8)13(17)10(3)18-14-16-15-11(4)19-14/h5-7,10H,1-4H3. The van der Waals surface area contributed by atoms with Gasteiger partial charge in [-0.15, -0.1) is 10.2 Å². The van der Waals surface area contributed by atoms with Crippen LogP contribution in [0.25, 0.3) is 0 Å². The fourth-order valence-corrected chi connectivity index (χ4v) is 3.78. The Bertz CT molecular complexity index is 607. The molecule has 3 nitrogen and oxygen atoms in total. The van der Waals surface area contributed by atoms with Crippen LogP contribution in [0.3, 0.4) is 0 Å². The quantitative estimate of drug-likeness (QED) is 0.634. The number of benzene rings is 1. The fraction of sp³-hybridized carbons (Fsp3) is 0.357. The summed E-state index contributed by atoms with van der Waals surface area (Å²) in [6.07, 6.45) is 0. The number of carbonyl (C=O) groups excluding carboxylic acids is 1. The molecule has 2 aromatic rings. The van der Waals surface area contributed by atoms with Gasteiger partial charge in [0.1, 0.15) is 5.01 Å². The second-order valence-corrected chi connectivity index (χ2v) is 7.30. The lowest BCUT2D eigenvalue weighted by molar-refractivity contribution is 0.0993. The predicted molar refractivity (Wildman–Crippen MR) is 80.2 cm³/mol. The molecule has 2 rings (SSSR count). The van der Waals surface area contributed by atoms with Crippen LogP contribution in [-0.4, -0.2) is 21.2 Å². The average molecular weight is 292 g/mol. The van der Waals surface area contributed by atoms with E-state index in [1.54, 1.807) is 0 Å². The largest absolute Gasteiger partial charge is 0.293 e. The van der Waals surface area contributed by atoms with Crippen LogP contribution in [0, 0.1) is 20.8 Å². The summed E-state index contributed by atoms with van der Waals surface area (Å²) in [6, 6.07) is 5.98. The molecule has 0 spiro atoms. The molecule has 0 amide bonds. The number of hydrogen-bond acceptors (Lipinski definition) is 5. The third kappa shape index (κ3) is 3.42. The summed E-state index contributed by atoms with van der Waals surface area (Å²) in [4.78, 5) is 12.5. The summed E-state index contributed by atoms with van der Waals surface area (Å²) in [6.45, 7) is 7.81. The molecule has 1 aromatic carbocycles. The molecule has 0 radical (unpaired) electrons. The predicted octanol–water partition coefficient (Wildman–Crippen LogP) is 3.83. The van der Waals surface area contributed by atoms with Crippen molar-refractivity contribution in [1.82, 2.24) is 10.2 Å². The molecule has 0 aliphatic rings. The van der Waals surface area contributed by atoms with Crippen molar-refractivity contribution in [3.05, 3.63) is 39.9 Å². The van der Waals surface area contributed by atoms with E-state index < -0.39 is 0 Å². The van der Waals surface area contributed by atoms with Gasteiger partial charge in [-0.2, -0.15) is 0 Å². The topological polar surface area (TPSA) is 42.9 Å². The Morgan fingerprint density at radius 2 is 2.00 bits per heavy atom. The van der Waals surface area contributed by atoms with Crippen molar-refractivity contribution in [3.63, 3.8) is 0 Å². The van der Waals surface area contributed by atoms with Crippen LogP contribution in [0.15, 0.2) is 22.5 Å². The van der Waals surface area contributed by atoms with E-state index in [0.717, 1.165) is 26.0 Å². The van der Waals surface area contributed by atoms with E-state index in [-0.39, 0.29) is 11.0 Å². The van der Waals surface area contributed by atoms with Gasteiger partial charge in [-0.25, -0.2) is 0 Å². The fourth-order valence-electron chi connectivity index (χ4n) is 1.75. The zero-order chi connectivity index (χ0) is 14.0. The summed E-state index contributed by atoms with van der Waals surface area (Å²) in [5, 5.41) is 8.80. The minimum absolute atomic E-state index is 0.146. The Kier molecular flexibility index (Phi) is 4.37. The Hall–Kier alpha value is -1.20. The second-order valence-electron chi connectivity index (χ2n) is 4.53. The van der Waals surface area contributed by atoms with Gasteiger partial charge in [-0.3, -0.25) is 4.79 Å². The molecule has 0 aliphatic carbocycles. The van der Waals surface area contributed by atoms with E-state index in [9.17, 15) is 4.79 Å². The first-order valence-corrected chi connectivity index (χ1v) is 7.75. The summed E-state index contributed by atoms with van der Waals surface area (Å²) in [5.41, 5.74) is 2.94. The smallest absolute Gasteiger partial charge is 0.176 e. The first kappa shape index (κ1) is 14.2. The van der Waals surface area contributed by atoms with Crippen LogP contribution in [0.5, 0.6) is 0 Å². The zero-order valence-corrected chi connectivity index (χ0v) is 13.1. The molecule has 0 saturated carbocycles. The number of rotatable bonds is 4. The normalized spacial score (nSPS) is 12.4. The molecule has 1 atom stereocenters. The summed E-state index contributed by atoms with van der Waals surface area (Å²) in [5.74, 6) is 0.152. The van der Waals surface area contributed by atoms with Gasteiger partial charge in [0.25, 0.3) is 0 Å². The van der Waals surface area contributed by atoms with E-state index >= 15 is 0 Å². The summed E-state index contributed by atoms with van der Waals surface area (Å²) < 4.78 is 0.851. The lowest BCUT2D eigenvalue weighted by Gasteiger charge is -2.11. The molecule has 100 valence electrons. The maximum Gasteiger partial charge on any atom is 0.176 e. The van der Waals surface area contributed by atoms with E-state index in [2.05, 4.69) is 10.2 Å². The van der Waals surface area contributed by atoms with Gasteiger partial charge < -0.3 is 0 Å². The van der Waals surface area contributed by atoms with E-state index in [1.165, 1.54) is 23.1 Å². The second kappa shape index (κ2) is 5.84. The molecule has 0 saturated heterocycles. The molecule has 1 unspecified atom stereocenters. The molecular weight excluding hydrogens is 276 g/mol. The number of ketones is 1. The van der Waals surface area contributed by atoms with Gasteiger partial charge in [0, 0.05) is 5.56 Å². The average Bonchev–Trinajstić information content (AvgIpc) is 2.77. The van der Waals surface area contributed by atoms with Crippen LogP contribution in [0.1, 0.15) is 33.4 Å². The third-order valence-electron chi connectivity index (χ3n) is 2.81. The van der Waals surface area contributed by atoms with Crippen molar-refractivity contribution >= 4 is 28.9 Å². The van der Waals surface area contributed by atoms with Gasteiger partial charge in [-0.05, 0) is 39.3 Å². The van der Waals surface area contributed by atoms with Crippen molar-refractivity contribution in [3.8, 4) is 0 Å². The third-order valence-corrected chi connectivity index (χ3v) is 4.84. The van der Waals surface area contributed by atoms with Gasteiger partial charge >= 0.3 is 0 Å². The molecule has 1 aromatic heterocycles. The van der Waals surface area contributed by atoms with Crippen molar-refractivity contribution in [1.29, 1.82) is 0 Å². The highest BCUT2D eigenvalue weighted by Crippen LogP contribution is 2.28. The lowest BCUT2D eigenvalue weighted by Crippen LogP contribution is -2.15. The van der Waals surface area contributed by atoms with E-state index in [1.807, 2.05) is 45.9 Å². The molecule has 0 fully saturated rings. The van der Waals surface area contributed by atoms with Gasteiger partial charge in [0.15, 0.2) is 10.1 Å². The maximum absolute atomic E-state index is 12.5. The van der Waals surface area contributed by atoms with E-state index in [4.69, 9.17) is 0 Å². The van der Waals surface area contributed by atoms with Crippen molar-refractivity contribution in [2.75, 3.05) is 0 Å². The van der Waals surface area contributed by atoms with Crippen LogP contribution in [0.2, 0.25) is 0 Å². The van der Waals surface area contributed by atoms with E-state index in [0.29, 0.717) is 0 Å². The number of Topliss-reactive ketones (excluding diaryl/α,β-unsaturated/α-hetero) is 1. The summed E-state index contributed by atoms with van der Waals surface area (Å²) in [7, 11) is 0. The van der Waals surface area contributed by atoms with Crippen molar-refractivity contribution in [2.24, 2.45) is 0 Å². The highest BCUT2D eigenvalue weighted by Gasteiger charge is 2.20. The Balaban J connectivity index is 2.16. The number of aryl methyl sites for hydroxylation is 3. The minimum atomic E-state index is -0.146. The van der Waals surface area contributed by atoms with Crippen LogP contribution >= 0.6 is 23.1 Å². The maximum atomic E-state index is 12.5. The molecule has 0 bridgehead atoms.